The highest BCUT2D eigenvalue weighted by molar-refractivity contribution is 5.75. The molecule has 7 nitrogen and oxygen atoms in total. The molecule has 0 unspecified atom stereocenters. The summed E-state index contributed by atoms with van der Waals surface area (Å²) in [4.78, 5) is 1.90. The molecule has 0 radical (unpaired) electrons. The second-order valence-corrected chi connectivity index (χ2v) is 13.2. The van der Waals surface area contributed by atoms with Crippen LogP contribution in [0.5, 0.6) is 0 Å². The molecule has 7 rings (SSSR count). The highest BCUT2D eigenvalue weighted by Crippen LogP contribution is 2.41. The Morgan fingerprint density at radius 1 is 0.585 bits per heavy atom. The van der Waals surface area contributed by atoms with Gasteiger partial charge in [-0.25, -0.2) is 0 Å². The van der Waals surface area contributed by atoms with Gasteiger partial charge in [-0.2, -0.15) is 5.10 Å². The molecular formula is C46H45N7. The van der Waals surface area contributed by atoms with Gasteiger partial charge in [-0.05, 0) is 33.4 Å². The zero-order chi connectivity index (χ0) is 36.5. The van der Waals surface area contributed by atoms with E-state index in [4.69, 9.17) is 16.2 Å². The molecule has 7 aromatic rings. The molecular weight excluding hydrogens is 651 g/mol. The number of hydrogen-bond donors (Lipinski definition) is 4. The fourth-order valence-corrected chi connectivity index (χ4v) is 7.46. The van der Waals surface area contributed by atoms with Crippen LogP contribution in [0.3, 0.4) is 0 Å². The maximum Gasteiger partial charge on any atom is 0.188 e. The van der Waals surface area contributed by atoms with Crippen LogP contribution in [-0.4, -0.2) is 33.7 Å². The minimum absolute atomic E-state index is 0.00761. The molecule has 0 atom stereocenters. The molecule has 0 fully saturated rings. The van der Waals surface area contributed by atoms with Crippen LogP contribution in [0.1, 0.15) is 38.9 Å². The van der Waals surface area contributed by atoms with Crippen LogP contribution < -0.4 is 16.4 Å². The van der Waals surface area contributed by atoms with Gasteiger partial charge in [0, 0.05) is 25.7 Å². The van der Waals surface area contributed by atoms with Crippen molar-refractivity contribution >= 4 is 11.8 Å². The van der Waals surface area contributed by atoms with Gasteiger partial charge in [0.15, 0.2) is 5.96 Å². The second-order valence-electron chi connectivity index (χ2n) is 13.2. The summed E-state index contributed by atoms with van der Waals surface area (Å²) in [6, 6.07) is 63.2. The van der Waals surface area contributed by atoms with Gasteiger partial charge < -0.3 is 16.0 Å². The molecule has 7 heteroatoms. The third kappa shape index (κ3) is 7.07. The molecule has 53 heavy (non-hydrogen) atoms. The summed E-state index contributed by atoms with van der Waals surface area (Å²) in [5, 5.41) is 21.4. The molecule has 1 aromatic heterocycles. The Morgan fingerprint density at radius 3 is 1.26 bits per heavy atom. The summed E-state index contributed by atoms with van der Waals surface area (Å²) in [6.07, 6.45) is 1.87. The van der Waals surface area contributed by atoms with Crippen molar-refractivity contribution in [1.82, 2.24) is 20.0 Å². The van der Waals surface area contributed by atoms with Gasteiger partial charge in [0.2, 0.25) is 0 Å². The van der Waals surface area contributed by atoms with E-state index in [9.17, 15) is 0 Å². The molecule has 264 valence electrons. The van der Waals surface area contributed by atoms with Gasteiger partial charge in [0.25, 0.3) is 0 Å². The van der Waals surface area contributed by atoms with Crippen molar-refractivity contribution in [2.75, 3.05) is 18.4 Å². The molecule has 1 heterocycles. The quantitative estimate of drug-likeness (QED) is 0.0524. The summed E-state index contributed by atoms with van der Waals surface area (Å²) >= 11 is 0. The first-order valence-corrected chi connectivity index (χ1v) is 18.0. The number of anilines is 1. The topological polar surface area (TPSA) is 95.0 Å². The van der Waals surface area contributed by atoms with Gasteiger partial charge in [-0.3, -0.25) is 15.4 Å². The molecule has 0 saturated carbocycles. The van der Waals surface area contributed by atoms with Crippen molar-refractivity contribution in [2.24, 2.45) is 12.8 Å². The van der Waals surface area contributed by atoms with Crippen LogP contribution in [0, 0.1) is 5.41 Å². The van der Waals surface area contributed by atoms with Crippen LogP contribution in [-0.2, 0) is 24.7 Å². The van der Waals surface area contributed by atoms with Crippen LogP contribution in [0.2, 0.25) is 0 Å². The molecule has 0 amide bonds. The predicted molar refractivity (Wildman–Crippen MR) is 216 cm³/mol. The number of benzene rings is 6. The monoisotopic (exact) mass is 695 g/mol. The molecule has 6 aromatic carbocycles. The number of nitrogens with one attached hydrogen (secondary N) is 3. The smallest absolute Gasteiger partial charge is 0.188 e. The molecule has 0 bridgehead atoms. The largest absolute Gasteiger partial charge is 0.370 e. The first-order chi connectivity index (χ1) is 26.0. The van der Waals surface area contributed by atoms with E-state index < -0.39 is 11.1 Å². The SMILES string of the molecule is Cn1ncc(CN(CCNC(c2ccccc2)(c2ccccc2)c2ccccc2)C(=N)N)c1NC(c1ccccc1)(c1ccccc1)c1ccccc1. The van der Waals surface area contributed by atoms with Crippen LogP contribution in [0.25, 0.3) is 0 Å². The zero-order valence-electron chi connectivity index (χ0n) is 29.9. The summed E-state index contributed by atoms with van der Waals surface area (Å²) < 4.78 is 1.88. The van der Waals surface area contributed by atoms with Crippen molar-refractivity contribution in [3.63, 3.8) is 0 Å². The Morgan fingerprint density at radius 2 is 0.925 bits per heavy atom. The Bertz CT molecular complexity index is 2000. The third-order valence-electron chi connectivity index (χ3n) is 10.0. The second kappa shape index (κ2) is 15.8. The summed E-state index contributed by atoms with van der Waals surface area (Å²) in [5.74, 6) is 0.833. The summed E-state index contributed by atoms with van der Waals surface area (Å²) in [6.45, 7) is 1.42. The first-order valence-electron chi connectivity index (χ1n) is 18.0. The highest BCUT2D eigenvalue weighted by Gasteiger charge is 2.38. The van der Waals surface area contributed by atoms with Crippen LogP contribution in [0.4, 0.5) is 5.82 Å². The standard InChI is InChI=1S/C46H45N7/c1-52-43(51-46(40-26-14-5-15-27-40,41-28-16-6-17-29-41)42-30-18-7-19-31-42)36(34-50-52)35-53(44(47)48)33-32-49-45(37-20-8-2-9-21-37,38-22-10-3-11-23-38)39-24-12-4-13-25-39/h2-31,34,49,51H,32-33,35H2,1H3,(H3,47,48). The molecule has 0 spiro atoms. The Balaban J connectivity index is 1.23. The van der Waals surface area contributed by atoms with Gasteiger partial charge in [-0.1, -0.05) is 182 Å². The minimum Gasteiger partial charge on any atom is -0.370 e. The van der Waals surface area contributed by atoms with E-state index in [-0.39, 0.29) is 5.96 Å². The van der Waals surface area contributed by atoms with E-state index in [0.29, 0.717) is 19.6 Å². The van der Waals surface area contributed by atoms with Gasteiger partial charge in [-0.15, -0.1) is 0 Å². The third-order valence-corrected chi connectivity index (χ3v) is 10.0. The fourth-order valence-electron chi connectivity index (χ4n) is 7.46. The van der Waals surface area contributed by atoms with Gasteiger partial charge >= 0.3 is 0 Å². The Kier molecular flexibility index (Phi) is 10.5. The van der Waals surface area contributed by atoms with Crippen LogP contribution >= 0.6 is 0 Å². The lowest BCUT2D eigenvalue weighted by Gasteiger charge is -2.38. The number of nitrogens with two attached hydrogens (primary N) is 1. The van der Waals surface area contributed by atoms with Gasteiger partial charge in [0.05, 0.1) is 18.3 Å². The zero-order valence-corrected chi connectivity index (χ0v) is 29.9. The van der Waals surface area contributed by atoms with E-state index in [1.807, 2.05) is 59.2 Å². The van der Waals surface area contributed by atoms with Crippen molar-refractivity contribution in [1.29, 1.82) is 5.41 Å². The first kappa shape index (κ1) is 35.0. The van der Waals surface area contributed by atoms with E-state index in [2.05, 4.69) is 156 Å². The lowest BCUT2D eigenvalue weighted by molar-refractivity contribution is 0.368. The fraction of sp³-hybridized carbons (Fsp3) is 0.130. The molecule has 0 aliphatic heterocycles. The number of guanidine groups is 1. The molecule has 0 aliphatic carbocycles. The average Bonchev–Trinajstić information content (AvgIpc) is 3.57. The Labute approximate surface area is 312 Å². The number of aryl methyl sites for hydroxylation is 1. The van der Waals surface area contributed by atoms with Gasteiger partial charge in [0.1, 0.15) is 11.4 Å². The van der Waals surface area contributed by atoms with E-state index >= 15 is 0 Å². The number of rotatable bonds is 14. The summed E-state index contributed by atoms with van der Waals surface area (Å²) in [5.41, 5.74) is 12.6. The lowest BCUT2D eigenvalue weighted by atomic mass is 9.77. The summed E-state index contributed by atoms with van der Waals surface area (Å²) in [7, 11) is 1.95. The van der Waals surface area contributed by atoms with Crippen molar-refractivity contribution in [3.8, 4) is 0 Å². The van der Waals surface area contributed by atoms with E-state index in [0.717, 1.165) is 44.8 Å². The van der Waals surface area contributed by atoms with E-state index in [1.165, 1.54) is 0 Å². The number of aromatic nitrogens is 2. The molecule has 0 saturated heterocycles. The molecule has 0 aliphatic rings. The number of nitrogens with zero attached hydrogens (tertiary/aromatic N) is 3. The van der Waals surface area contributed by atoms with Crippen molar-refractivity contribution in [2.45, 2.75) is 17.6 Å². The molecule has 5 N–H and O–H groups in total. The maximum absolute atomic E-state index is 8.72. The van der Waals surface area contributed by atoms with E-state index in [1.54, 1.807) is 0 Å². The predicted octanol–water partition coefficient (Wildman–Crippen LogP) is 8.10. The minimum atomic E-state index is -0.740. The Hall–Kier alpha value is -6.44. The normalized spacial score (nSPS) is 11.6. The van der Waals surface area contributed by atoms with Crippen molar-refractivity contribution < 1.29 is 0 Å². The van der Waals surface area contributed by atoms with Crippen molar-refractivity contribution in [3.05, 3.63) is 227 Å². The highest BCUT2D eigenvalue weighted by atomic mass is 15.3. The maximum atomic E-state index is 8.72. The van der Waals surface area contributed by atoms with Crippen LogP contribution in [0.15, 0.2) is 188 Å². The lowest BCUT2D eigenvalue weighted by Crippen LogP contribution is -2.49. The number of hydrogen-bond acceptors (Lipinski definition) is 4. The average molecular weight is 696 g/mol.